The van der Waals surface area contributed by atoms with Gasteiger partial charge in [-0.2, -0.15) is 0 Å². The van der Waals surface area contributed by atoms with Crippen molar-refractivity contribution in [2.75, 3.05) is 42.9 Å². The van der Waals surface area contributed by atoms with Crippen LogP contribution >= 0.6 is 24.0 Å². The van der Waals surface area contributed by atoms with Crippen molar-refractivity contribution in [3.63, 3.8) is 0 Å². The maximum absolute atomic E-state index is 13.6. The Bertz CT molecular complexity index is 955. The van der Waals surface area contributed by atoms with E-state index in [2.05, 4.69) is 10.0 Å². The van der Waals surface area contributed by atoms with Crippen LogP contribution in [0.4, 0.5) is 20.2 Å². The minimum atomic E-state index is -4.12. The average molecular weight is 454 g/mol. The maximum Gasteiger partial charge on any atom is 0.262 e. The molecule has 1 fully saturated rings. The zero-order chi connectivity index (χ0) is 19.6. The van der Waals surface area contributed by atoms with Crippen molar-refractivity contribution in [1.29, 1.82) is 0 Å². The number of hydrogen-bond donors (Lipinski definition) is 2. The highest BCUT2D eigenvalue weighted by atomic mass is 35.5. The number of benzene rings is 2. The van der Waals surface area contributed by atoms with Crippen LogP contribution in [0.25, 0.3) is 0 Å². The molecule has 154 valence electrons. The molecule has 1 aliphatic rings. The zero-order valence-corrected chi connectivity index (χ0v) is 17.2. The minimum Gasteiger partial charge on any atom is -0.495 e. The number of hydrogen-bond acceptors (Lipinski definition) is 5. The largest absolute Gasteiger partial charge is 0.495 e. The van der Waals surface area contributed by atoms with Crippen LogP contribution in [0.3, 0.4) is 0 Å². The van der Waals surface area contributed by atoms with E-state index < -0.39 is 26.7 Å². The predicted molar refractivity (Wildman–Crippen MR) is 108 cm³/mol. The first kappa shape index (κ1) is 22.5. The highest BCUT2D eigenvalue weighted by Crippen LogP contribution is 2.33. The second-order valence-electron chi connectivity index (χ2n) is 5.93. The van der Waals surface area contributed by atoms with E-state index in [1.807, 2.05) is 4.90 Å². The molecule has 6 nitrogen and oxygen atoms in total. The van der Waals surface area contributed by atoms with E-state index in [1.54, 1.807) is 6.07 Å². The van der Waals surface area contributed by atoms with Gasteiger partial charge in [-0.15, -0.1) is 12.4 Å². The Morgan fingerprint density at radius 3 is 2.50 bits per heavy atom. The van der Waals surface area contributed by atoms with Crippen molar-refractivity contribution in [2.45, 2.75) is 4.90 Å². The van der Waals surface area contributed by atoms with Gasteiger partial charge in [0.15, 0.2) is 0 Å². The number of halogens is 4. The van der Waals surface area contributed by atoms with Gasteiger partial charge in [-0.3, -0.25) is 4.72 Å². The Hall–Kier alpha value is -1.81. The normalized spacial score (nSPS) is 14.4. The summed E-state index contributed by atoms with van der Waals surface area (Å²) in [5.74, 6) is -1.46. The van der Waals surface area contributed by atoms with Gasteiger partial charge in [0.1, 0.15) is 22.4 Å². The molecule has 1 aliphatic heterocycles. The van der Waals surface area contributed by atoms with Crippen LogP contribution in [0.15, 0.2) is 35.2 Å². The number of nitrogens with one attached hydrogen (secondary N) is 2. The van der Waals surface area contributed by atoms with E-state index in [9.17, 15) is 17.2 Å². The van der Waals surface area contributed by atoms with Crippen LogP contribution in [-0.4, -0.2) is 41.7 Å². The lowest BCUT2D eigenvalue weighted by atomic mass is 10.2. The van der Waals surface area contributed by atoms with Gasteiger partial charge in [-0.25, -0.2) is 17.2 Å². The molecule has 0 bridgehead atoms. The lowest BCUT2D eigenvalue weighted by Crippen LogP contribution is -2.43. The van der Waals surface area contributed by atoms with Crippen molar-refractivity contribution >= 4 is 45.4 Å². The second kappa shape index (κ2) is 9.13. The minimum absolute atomic E-state index is 0. The molecule has 3 rings (SSSR count). The standard InChI is InChI=1S/C17H18ClF2N3O3S.ClH/c1-26-16-3-2-12(10-15(16)23-6-4-21-5-7-23)27(24,25)22-14-9-11(19)8-13(20)17(14)18;/h2-3,8-10,21-22H,4-7H2,1H3;1H. The first-order valence-electron chi connectivity index (χ1n) is 8.13. The molecule has 0 aromatic heterocycles. The summed E-state index contributed by atoms with van der Waals surface area (Å²) >= 11 is 5.76. The molecular formula is C17H19Cl2F2N3O3S. The third kappa shape index (κ3) is 4.78. The quantitative estimate of drug-likeness (QED) is 0.679. The number of methoxy groups -OCH3 is 1. The van der Waals surface area contributed by atoms with Crippen LogP contribution < -0.4 is 19.7 Å². The molecular weight excluding hydrogens is 435 g/mol. The Labute approximate surface area is 173 Å². The number of nitrogens with zero attached hydrogens (tertiary/aromatic N) is 1. The zero-order valence-electron chi connectivity index (χ0n) is 14.8. The third-order valence-electron chi connectivity index (χ3n) is 4.16. The molecule has 11 heteroatoms. The highest BCUT2D eigenvalue weighted by Gasteiger charge is 2.22. The Morgan fingerprint density at radius 2 is 1.86 bits per heavy atom. The topological polar surface area (TPSA) is 70.7 Å². The summed E-state index contributed by atoms with van der Waals surface area (Å²) in [4.78, 5) is 1.93. The Kier molecular flexibility index (Phi) is 7.33. The van der Waals surface area contributed by atoms with Gasteiger partial charge in [-0.05, 0) is 24.3 Å². The first-order valence-corrected chi connectivity index (χ1v) is 9.99. The lowest BCUT2D eigenvalue weighted by Gasteiger charge is -2.30. The van der Waals surface area contributed by atoms with Gasteiger partial charge < -0.3 is 15.0 Å². The van der Waals surface area contributed by atoms with Gasteiger partial charge in [0.2, 0.25) is 0 Å². The monoisotopic (exact) mass is 453 g/mol. The van der Waals surface area contributed by atoms with E-state index in [0.717, 1.165) is 19.2 Å². The summed E-state index contributed by atoms with van der Waals surface area (Å²) in [5, 5.41) is 2.71. The molecule has 0 radical (unpaired) electrons. The average Bonchev–Trinajstić information content (AvgIpc) is 2.65. The fourth-order valence-electron chi connectivity index (χ4n) is 2.82. The highest BCUT2D eigenvalue weighted by molar-refractivity contribution is 7.92. The molecule has 1 heterocycles. The third-order valence-corrected chi connectivity index (χ3v) is 5.90. The predicted octanol–water partition coefficient (Wildman–Crippen LogP) is 3.26. The number of rotatable bonds is 5. The number of anilines is 2. The fourth-order valence-corrected chi connectivity index (χ4v) is 4.12. The number of piperazine rings is 1. The number of sulfonamides is 1. The van der Waals surface area contributed by atoms with Gasteiger partial charge in [0, 0.05) is 32.2 Å². The summed E-state index contributed by atoms with van der Waals surface area (Å²) < 4.78 is 59.9. The molecule has 0 saturated carbocycles. The van der Waals surface area contributed by atoms with Gasteiger partial charge in [-0.1, -0.05) is 11.6 Å². The molecule has 0 spiro atoms. The Balaban J connectivity index is 0.00000280. The van der Waals surface area contributed by atoms with Crippen molar-refractivity contribution < 1.29 is 21.9 Å². The molecule has 2 aromatic carbocycles. The van der Waals surface area contributed by atoms with Crippen LogP contribution in [0.2, 0.25) is 5.02 Å². The molecule has 0 amide bonds. The second-order valence-corrected chi connectivity index (χ2v) is 7.99. The summed E-state index contributed by atoms with van der Waals surface area (Å²) in [5.41, 5.74) is 0.257. The maximum atomic E-state index is 13.6. The van der Waals surface area contributed by atoms with E-state index in [0.29, 0.717) is 30.6 Å². The molecule has 0 atom stereocenters. The van der Waals surface area contributed by atoms with Gasteiger partial charge in [0.25, 0.3) is 10.0 Å². The van der Waals surface area contributed by atoms with Crippen LogP contribution in [0.5, 0.6) is 5.75 Å². The molecule has 0 unspecified atom stereocenters. The summed E-state index contributed by atoms with van der Waals surface area (Å²) in [6.45, 7) is 2.90. The first-order chi connectivity index (χ1) is 12.8. The number of ether oxygens (including phenoxy) is 1. The lowest BCUT2D eigenvalue weighted by molar-refractivity contribution is 0.412. The summed E-state index contributed by atoms with van der Waals surface area (Å²) in [6.07, 6.45) is 0. The summed E-state index contributed by atoms with van der Waals surface area (Å²) in [6, 6.07) is 5.77. The molecule has 2 N–H and O–H groups in total. The van der Waals surface area contributed by atoms with Gasteiger partial charge >= 0.3 is 0 Å². The van der Waals surface area contributed by atoms with Crippen LogP contribution in [0, 0.1) is 11.6 Å². The SMILES string of the molecule is COc1ccc(S(=O)(=O)Nc2cc(F)cc(F)c2Cl)cc1N1CCNCC1.Cl. The fraction of sp³-hybridized carbons (Fsp3) is 0.294. The van der Waals surface area contributed by atoms with Gasteiger partial charge in [0.05, 0.1) is 23.4 Å². The van der Waals surface area contributed by atoms with Crippen molar-refractivity contribution in [1.82, 2.24) is 5.32 Å². The van der Waals surface area contributed by atoms with E-state index >= 15 is 0 Å². The van der Waals surface area contributed by atoms with Crippen LogP contribution in [0.1, 0.15) is 0 Å². The molecule has 1 saturated heterocycles. The van der Waals surface area contributed by atoms with Crippen LogP contribution in [-0.2, 0) is 10.0 Å². The van der Waals surface area contributed by atoms with Crippen molar-refractivity contribution in [3.8, 4) is 5.75 Å². The Morgan fingerprint density at radius 1 is 1.18 bits per heavy atom. The van der Waals surface area contributed by atoms with Crippen molar-refractivity contribution in [3.05, 3.63) is 47.0 Å². The summed E-state index contributed by atoms with van der Waals surface area (Å²) in [7, 11) is -2.62. The van der Waals surface area contributed by atoms with E-state index in [1.165, 1.54) is 19.2 Å². The van der Waals surface area contributed by atoms with Crippen molar-refractivity contribution in [2.24, 2.45) is 0 Å². The van der Waals surface area contributed by atoms with E-state index in [4.69, 9.17) is 16.3 Å². The van der Waals surface area contributed by atoms with E-state index in [-0.39, 0.29) is 23.0 Å². The molecule has 0 aliphatic carbocycles. The molecule has 2 aromatic rings. The molecule has 28 heavy (non-hydrogen) atoms. The smallest absolute Gasteiger partial charge is 0.262 e.